The van der Waals surface area contributed by atoms with Gasteiger partial charge in [-0.15, -0.1) is 0 Å². The lowest BCUT2D eigenvalue weighted by Crippen LogP contribution is -2.53. The second-order valence-corrected chi connectivity index (χ2v) is 8.32. The maximum Gasteiger partial charge on any atom is 0.0509 e. The number of aliphatic hydroxyl groups is 2. The summed E-state index contributed by atoms with van der Waals surface area (Å²) in [6.45, 7) is 9.47. The van der Waals surface area contributed by atoms with E-state index in [1.54, 1.807) is 0 Å². The Morgan fingerprint density at radius 1 is 1.16 bits per heavy atom. The first-order valence-electron chi connectivity index (χ1n) is 8.06. The van der Waals surface area contributed by atoms with E-state index in [9.17, 15) is 10.2 Å². The summed E-state index contributed by atoms with van der Waals surface area (Å²) in [5.41, 5.74) is 0.245. The van der Waals surface area contributed by atoms with Gasteiger partial charge in [0.2, 0.25) is 0 Å². The summed E-state index contributed by atoms with van der Waals surface area (Å²) in [5, 5.41) is 19.7. The molecule has 0 aromatic heterocycles. The van der Waals surface area contributed by atoms with Gasteiger partial charge >= 0.3 is 0 Å². The van der Waals surface area contributed by atoms with E-state index >= 15 is 0 Å². The topological polar surface area (TPSA) is 40.5 Å². The lowest BCUT2D eigenvalue weighted by molar-refractivity contribution is -0.124. The van der Waals surface area contributed by atoms with Crippen molar-refractivity contribution in [2.24, 2.45) is 34.5 Å². The van der Waals surface area contributed by atoms with Gasteiger partial charge in [-0.25, -0.2) is 0 Å². The Morgan fingerprint density at radius 2 is 1.79 bits per heavy atom. The zero-order valence-corrected chi connectivity index (χ0v) is 13.2. The van der Waals surface area contributed by atoms with Crippen molar-refractivity contribution < 1.29 is 10.2 Å². The number of hydrogen-bond acceptors (Lipinski definition) is 2. The van der Waals surface area contributed by atoms with Crippen LogP contribution in [0.1, 0.15) is 59.8 Å². The van der Waals surface area contributed by atoms with Crippen LogP contribution in [-0.2, 0) is 0 Å². The zero-order chi connectivity index (χ0) is 14.3. The molecule has 0 spiro atoms. The molecule has 2 heteroatoms. The SMILES string of the molecule is CC(C)CC(CO)(CO)CC1CCC2CC1C2(C)C. The normalized spacial score (nSPS) is 33.3. The minimum atomic E-state index is -0.253. The van der Waals surface area contributed by atoms with Crippen LogP contribution in [0.4, 0.5) is 0 Å². The van der Waals surface area contributed by atoms with Crippen LogP contribution in [0, 0.1) is 34.5 Å². The first kappa shape index (κ1) is 15.3. The minimum absolute atomic E-state index is 0.134. The molecular formula is C17H32O2. The molecule has 0 aliphatic heterocycles. The first-order chi connectivity index (χ1) is 8.84. The molecular weight excluding hydrogens is 236 g/mol. The molecule has 3 aliphatic carbocycles. The van der Waals surface area contributed by atoms with Crippen LogP contribution in [0.25, 0.3) is 0 Å². The lowest BCUT2D eigenvalue weighted by Gasteiger charge is -2.61. The Kier molecular flexibility index (Phi) is 4.32. The molecule has 19 heavy (non-hydrogen) atoms. The lowest BCUT2D eigenvalue weighted by atomic mass is 9.44. The average Bonchev–Trinajstić information content (AvgIpc) is 2.37. The number of aliphatic hydroxyl groups excluding tert-OH is 2. The molecule has 3 unspecified atom stereocenters. The summed E-state index contributed by atoms with van der Waals surface area (Å²) in [5.74, 6) is 2.98. The first-order valence-corrected chi connectivity index (χ1v) is 8.06. The quantitative estimate of drug-likeness (QED) is 0.774. The number of rotatable bonds is 6. The van der Waals surface area contributed by atoms with Crippen LogP contribution in [0.5, 0.6) is 0 Å². The van der Waals surface area contributed by atoms with E-state index in [2.05, 4.69) is 27.7 Å². The number of fused-ring (bicyclic) bond motifs is 2. The molecule has 3 atom stereocenters. The second-order valence-electron chi connectivity index (χ2n) is 8.32. The van der Waals surface area contributed by atoms with Gasteiger partial charge in [0.05, 0.1) is 13.2 Å². The summed E-state index contributed by atoms with van der Waals surface area (Å²) in [4.78, 5) is 0. The molecule has 2 N–H and O–H groups in total. The van der Waals surface area contributed by atoms with Crippen LogP contribution in [0.3, 0.4) is 0 Å². The minimum Gasteiger partial charge on any atom is -0.396 e. The third-order valence-corrected chi connectivity index (χ3v) is 6.21. The van der Waals surface area contributed by atoms with Crippen molar-refractivity contribution in [3.05, 3.63) is 0 Å². The summed E-state index contributed by atoms with van der Waals surface area (Å²) in [7, 11) is 0. The fraction of sp³-hybridized carbons (Fsp3) is 1.00. The predicted molar refractivity (Wildman–Crippen MR) is 78.8 cm³/mol. The third kappa shape index (κ3) is 2.71. The van der Waals surface area contributed by atoms with Crippen molar-refractivity contribution in [2.75, 3.05) is 13.2 Å². The smallest absolute Gasteiger partial charge is 0.0509 e. The van der Waals surface area contributed by atoms with Gasteiger partial charge < -0.3 is 10.2 Å². The number of hydrogen-bond donors (Lipinski definition) is 2. The highest BCUT2D eigenvalue weighted by Crippen LogP contribution is 2.63. The molecule has 3 saturated carbocycles. The standard InChI is InChI=1S/C17H32O2/c1-12(2)8-17(10-18,11-19)9-13-5-6-14-7-15(13)16(14,3)4/h12-15,18-19H,5-11H2,1-4H3. The van der Waals surface area contributed by atoms with Crippen LogP contribution in [0.2, 0.25) is 0 Å². The molecule has 0 saturated heterocycles. The van der Waals surface area contributed by atoms with Gasteiger partial charge in [0.1, 0.15) is 0 Å². The van der Waals surface area contributed by atoms with Gasteiger partial charge in [0.25, 0.3) is 0 Å². The van der Waals surface area contributed by atoms with Crippen molar-refractivity contribution in [3.63, 3.8) is 0 Å². The van der Waals surface area contributed by atoms with Crippen molar-refractivity contribution in [3.8, 4) is 0 Å². The van der Waals surface area contributed by atoms with Crippen LogP contribution >= 0.6 is 0 Å². The summed E-state index contributed by atoms with van der Waals surface area (Å²) in [6, 6.07) is 0. The molecule has 2 nitrogen and oxygen atoms in total. The Bertz CT molecular complexity index is 302. The summed E-state index contributed by atoms with van der Waals surface area (Å²) >= 11 is 0. The Labute approximate surface area is 118 Å². The molecule has 3 rings (SSSR count). The van der Waals surface area contributed by atoms with E-state index < -0.39 is 0 Å². The van der Waals surface area contributed by atoms with Gasteiger partial charge in [0, 0.05) is 5.41 Å². The summed E-state index contributed by atoms with van der Waals surface area (Å²) < 4.78 is 0. The van der Waals surface area contributed by atoms with Gasteiger partial charge in [-0.1, -0.05) is 27.7 Å². The molecule has 3 fully saturated rings. The van der Waals surface area contributed by atoms with Gasteiger partial charge in [-0.2, -0.15) is 0 Å². The van der Waals surface area contributed by atoms with Gasteiger partial charge in [-0.05, 0) is 61.2 Å². The van der Waals surface area contributed by atoms with Crippen LogP contribution in [0.15, 0.2) is 0 Å². The van der Waals surface area contributed by atoms with E-state index in [1.807, 2.05) is 0 Å². The maximum atomic E-state index is 9.83. The van der Waals surface area contributed by atoms with E-state index in [-0.39, 0.29) is 18.6 Å². The molecule has 112 valence electrons. The van der Waals surface area contributed by atoms with E-state index in [0.29, 0.717) is 17.3 Å². The monoisotopic (exact) mass is 268 g/mol. The largest absolute Gasteiger partial charge is 0.396 e. The summed E-state index contributed by atoms with van der Waals surface area (Å²) in [6.07, 6.45) is 5.99. The Hall–Kier alpha value is -0.0800. The molecule has 2 bridgehead atoms. The highest BCUT2D eigenvalue weighted by atomic mass is 16.3. The van der Waals surface area contributed by atoms with Crippen molar-refractivity contribution >= 4 is 0 Å². The van der Waals surface area contributed by atoms with Crippen LogP contribution < -0.4 is 0 Å². The van der Waals surface area contributed by atoms with Gasteiger partial charge in [-0.3, -0.25) is 0 Å². The van der Waals surface area contributed by atoms with Crippen molar-refractivity contribution in [1.82, 2.24) is 0 Å². The molecule has 0 aromatic rings. The second kappa shape index (κ2) is 5.37. The molecule has 0 aromatic carbocycles. The van der Waals surface area contributed by atoms with E-state index in [0.717, 1.165) is 24.7 Å². The van der Waals surface area contributed by atoms with E-state index in [4.69, 9.17) is 0 Å². The zero-order valence-electron chi connectivity index (χ0n) is 13.2. The average molecular weight is 268 g/mol. The highest BCUT2D eigenvalue weighted by molar-refractivity contribution is 5.04. The van der Waals surface area contributed by atoms with Crippen LogP contribution in [-0.4, -0.2) is 23.4 Å². The Balaban J connectivity index is 2.05. The maximum absolute atomic E-state index is 9.83. The molecule has 0 radical (unpaired) electrons. The highest BCUT2D eigenvalue weighted by Gasteiger charge is 2.55. The fourth-order valence-corrected chi connectivity index (χ4v) is 5.02. The third-order valence-electron chi connectivity index (χ3n) is 6.21. The van der Waals surface area contributed by atoms with E-state index in [1.165, 1.54) is 19.3 Å². The Morgan fingerprint density at radius 3 is 2.21 bits per heavy atom. The van der Waals surface area contributed by atoms with Gasteiger partial charge in [0.15, 0.2) is 0 Å². The fourth-order valence-electron chi connectivity index (χ4n) is 5.02. The molecule has 3 aliphatic rings. The van der Waals surface area contributed by atoms with Crippen molar-refractivity contribution in [1.29, 1.82) is 0 Å². The molecule has 0 amide bonds. The van der Waals surface area contributed by atoms with Crippen molar-refractivity contribution in [2.45, 2.75) is 59.8 Å². The predicted octanol–water partition coefficient (Wildman–Crippen LogP) is 3.47. The molecule has 0 heterocycles.